The summed E-state index contributed by atoms with van der Waals surface area (Å²) in [4.78, 5) is 31.5. The highest BCUT2D eigenvalue weighted by atomic mass is 16.7. The van der Waals surface area contributed by atoms with Gasteiger partial charge in [-0.3, -0.25) is 14.5 Å². The smallest absolute Gasteiger partial charge is 0.300 e. The number of H-pyrrole nitrogens is 1. The van der Waals surface area contributed by atoms with Crippen molar-refractivity contribution in [2.24, 2.45) is 0 Å². The number of hydrogen-bond acceptors (Lipinski definition) is 7. The number of benzene rings is 3. The van der Waals surface area contributed by atoms with E-state index in [1.165, 1.54) is 19.1 Å². The number of methoxy groups -OCH3 is 2. The Hall–Kier alpha value is -4.92. The number of aromatic nitrogens is 1. The van der Waals surface area contributed by atoms with Gasteiger partial charge in [0.2, 0.25) is 6.79 Å². The Labute approximate surface area is 211 Å². The van der Waals surface area contributed by atoms with Crippen LogP contribution in [-0.4, -0.2) is 42.8 Å². The predicted octanol–water partition coefficient (Wildman–Crippen LogP) is 4.54. The lowest BCUT2D eigenvalue weighted by Crippen LogP contribution is -2.29. The van der Waals surface area contributed by atoms with E-state index in [2.05, 4.69) is 4.98 Å². The number of aromatic amines is 1. The molecule has 186 valence electrons. The molecule has 1 fully saturated rings. The van der Waals surface area contributed by atoms with Gasteiger partial charge in [0, 0.05) is 34.4 Å². The fraction of sp³-hybridized carbons (Fsp3) is 0.143. The summed E-state index contributed by atoms with van der Waals surface area (Å²) in [5.74, 6) is 0.0502. The third-order valence-electron chi connectivity index (χ3n) is 6.65. The molecule has 0 saturated carbocycles. The lowest BCUT2D eigenvalue weighted by Gasteiger charge is -2.26. The number of Topliss-reactive ketones (excluding diaryl/α,β-unsaturated/α-hetero) is 1. The fourth-order valence-corrected chi connectivity index (χ4v) is 4.88. The van der Waals surface area contributed by atoms with Crippen molar-refractivity contribution in [2.45, 2.75) is 6.04 Å². The summed E-state index contributed by atoms with van der Waals surface area (Å²) < 4.78 is 21.8. The van der Waals surface area contributed by atoms with E-state index in [4.69, 9.17) is 18.9 Å². The monoisotopic (exact) mass is 498 g/mol. The van der Waals surface area contributed by atoms with Crippen LogP contribution >= 0.6 is 0 Å². The van der Waals surface area contributed by atoms with E-state index in [-0.39, 0.29) is 18.1 Å². The molecular weight excluding hydrogens is 476 g/mol. The maximum absolute atomic E-state index is 13.5. The number of ketones is 1. The van der Waals surface area contributed by atoms with Crippen molar-refractivity contribution in [3.05, 3.63) is 83.6 Å². The van der Waals surface area contributed by atoms with Crippen molar-refractivity contribution in [3.8, 4) is 23.0 Å². The zero-order valence-corrected chi connectivity index (χ0v) is 20.0. The molecule has 1 unspecified atom stereocenters. The van der Waals surface area contributed by atoms with Gasteiger partial charge in [0.1, 0.15) is 5.76 Å². The minimum atomic E-state index is -0.950. The van der Waals surface area contributed by atoms with Gasteiger partial charge >= 0.3 is 0 Å². The largest absolute Gasteiger partial charge is 0.507 e. The highest BCUT2D eigenvalue weighted by Crippen LogP contribution is 2.46. The standard InChI is InChI=1S/C28H22N2O7/c1-34-20-9-7-15(11-22(20)35-2)25-24(26(31)18-13-29-19-6-4-3-5-17(18)19)27(32)28(33)30(25)16-8-10-21-23(12-16)37-14-36-21/h3-13,25,29,31H,14H2,1-2H3/b26-24-. The first-order chi connectivity index (χ1) is 18.0. The topological polar surface area (TPSA) is 110 Å². The fourth-order valence-electron chi connectivity index (χ4n) is 4.88. The van der Waals surface area contributed by atoms with E-state index in [0.29, 0.717) is 39.8 Å². The summed E-state index contributed by atoms with van der Waals surface area (Å²) in [5.41, 5.74) is 2.14. The van der Waals surface area contributed by atoms with Gasteiger partial charge in [0.25, 0.3) is 11.7 Å². The van der Waals surface area contributed by atoms with Crippen LogP contribution in [0.25, 0.3) is 16.7 Å². The van der Waals surface area contributed by atoms with E-state index >= 15 is 0 Å². The highest BCUT2D eigenvalue weighted by Gasteiger charge is 2.47. The molecule has 2 N–H and O–H groups in total. The van der Waals surface area contributed by atoms with Gasteiger partial charge in [-0.1, -0.05) is 24.3 Å². The van der Waals surface area contributed by atoms with Crippen LogP contribution in [0.2, 0.25) is 0 Å². The van der Waals surface area contributed by atoms with Crippen LogP contribution in [0.4, 0.5) is 5.69 Å². The van der Waals surface area contributed by atoms with Gasteiger partial charge in [-0.15, -0.1) is 0 Å². The summed E-state index contributed by atoms with van der Waals surface area (Å²) in [6, 6.07) is 16.6. The normalized spacial score (nSPS) is 18.0. The number of carbonyl (C=O) groups is 2. The van der Waals surface area contributed by atoms with Crippen LogP contribution in [0.1, 0.15) is 17.2 Å². The number of aliphatic hydroxyl groups excluding tert-OH is 1. The van der Waals surface area contributed by atoms with Crippen molar-refractivity contribution in [1.82, 2.24) is 4.98 Å². The highest BCUT2D eigenvalue weighted by molar-refractivity contribution is 6.51. The minimum Gasteiger partial charge on any atom is -0.507 e. The molecule has 9 nitrogen and oxygen atoms in total. The van der Waals surface area contributed by atoms with Gasteiger partial charge in [-0.2, -0.15) is 0 Å². The second-order valence-corrected chi connectivity index (χ2v) is 8.57. The Bertz CT molecular complexity index is 1600. The summed E-state index contributed by atoms with van der Waals surface area (Å²) >= 11 is 0. The van der Waals surface area contributed by atoms with E-state index < -0.39 is 17.7 Å². The Morgan fingerprint density at radius 3 is 2.57 bits per heavy atom. The lowest BCUT2D eigenvalue weighted by atomic mass is 9.94. The molecule has 0 bridgehead atoms. The molecule has 6 rings (SSSR count). The van der Waals surface area contributed by atoms with Crippen LogP contribution in [-0.2, 0) is 9.59 Å². The average Bonchev–Trinajstić information content (AvgIpc) is 3.64. The molecule has 0 radical (unpaired) electrons. The van der Waals surface area contributed by atoms with Gasteiger partial charge in [-0.25, -0.2) is 0 Å². The minimum absolute atomic E-state index is 0.0420. The quantitative estimate of drug-likeness (QED) is 0.236. The molecule has 2 aliphatic heterocycles. The Morgan fingerprint density at radius 2 is 1.76 bits per heavy atom. The van der Waals surface area contributed by atoms with E-state index in [0.717, 1.165) is 10.9 Å². The zero-order valence-electron chi connectivity index (χ0n) is 20.0. The number of fused-ring (bicyclic) bond motifs is 2. The van der Waals surface area contributed by atoms with E-state index in [9.17, 15) is 14.7 Å². The van der Waals surface area contributed by atoms with Gasteiger partial charge in [-0.05, 0) is 35.9 Å². The number of nitrogens with zero attached hydrogens (tertiary/aromatic N) is 1. The number of amides is 1. The van der Waals surface area contributed by atoms with E-state index in [1.54, 1.807) is 42.6 Å². The summed E-state index contributed by atoms with van der Waals surface area (Å²) in [6.45, 7) is 0.0667. The Morgan fingerprint density at radius 1 is 0.973 bits per heavy atom. The number of rotatable bonds is 5. The van der Waals surface area contributed by atoms with Crippen molar-refractivity contribution < 1.29 is 33.6 Å². The van der Waals surface area contributed by atoms with Gasteiger partial charge < -0.3 is 29.0 Å². The molecule has 37 heavy (non-hydrogen) atoms. The molecule has 1 aromatic heterocycles. The summed E-state index contributed by atoms with van der Waals surface area (Å²) in [7, 11) is 3.02. The summed E-state index contributed by atoms with van der Waals surface area (Å²) in [5, 5.41) is 12.3. The van der Waals surface area contributed by atoms with Crippen LogP contribution in [0.3, 0.4) is 0 Å². The third-order valence-corrected chi connectivity index (χ3v) is 6.65. The number of ether oxygens (including phenoxy) is 4. The molecule has 2 aliphatic rings. The van der Waals surface area contributed by atoms with Crippen LogP contribution in [0, 0.1) is 0 Å². The molecule has 1 atom stereocenters. The molecule has 1 amide bonds. The molecule has 1 saturated heterocycles. The SMILES string of the molecule is COc1ccc(C2/C(=C(/O)c3c[nH]c4ccccc34)C(=O)C(=O)N2c2ccc3c(c2)OCO3)cc1OC. The van der Waals surface area contributed by atoms with Crippen molar-refractivity contribution >= 4 is 34.0 Å². The number of hydrogen-bond donors (Lipinski definition) is 2. The van der Waals surface area contributed by atoms with Crippen molar-refractivity contribution in [1.29, 1.82) is 0 Å². The number of aliphatic hydroxyl groups is 1. The second kappa shape index (κ2) is 8.63. The molecule has 3 heterocycles. The molecule has 4 aromatic rings. The lowest BCUT2D eigenvalue weighted by molar-refractivity contribution is -0.132. The average molecular weight is 498 g/mol. The van der Waals surface area contributed by atoms with E-state index in [1.807, 2.05) is 24.3 Å². The van der Waals surface area contributed by atoms with Gasteiger partial charge in [0.05, 0.1) is 25.8 Å². The number of nitrogens with one attached hydrogen (secondary N) is 1. The maximum atomic E-state index is 13.5. The Kier molecular flexibility index (Phi) is 5.26. The van der Waals surface area contributed by atoms with Crippen molar-refractivity contribution in [3.63, 3.8) is 0 Å². The number of carbonyl (C=O) groups excluding carboxylic acids is 2. The summed E-state index contributed by atoms with van der Waals surface area (Å²) in [6.07, 6.45) is 1.62. The molecule has 9 heteroatoms. The molecular formula is C28H22N2O7. The van der Waals surface area contributed by atoms with Crippen molar-refractivity contribution in [2.75, 3.05) is 25.9 Å². The van der Waals surface area contributed by atoms with Crippen LogP contribution in [0.15, 0.2) is 72.4 Å². The van der Waals surface area contributed by atoms with Crippen LogP contribution < -0.4 is 23.8 Å². The molecule has 0 spiro atoms. The van der Waals surface area contributed by atoms with Gasteiger partial charge in [0.15, 0.2) is 23.0 Å². The Balaban J connectivity index is 1.58. The molecule has 0 aliphatic carbocycles. The first-order valence-electron chi connectivity index (χ1n) is 11.5. The molecule has 3 aromatic carbocycles. The first-order valence-corrected chi connectivity index (χ1v) is 11.5. The third kappa shape index (κ3) is 3.47. The maximum Gasteiger partial charge on any atom is 0.300 e. The predicted molar refractivity (Wildman–Crippen MR) is 135 cm³/mol. The first kappa shape index (κ1) is 22.5. The zero-order chi connectivity index (χ0) is 25.7. The number of para-hydroxylation sites is 1. The second-order valence-electron chi connectivity index (χ2n) is 8.57. The van der Waals surface area contributed by atoms with Crippen LogP contribution in [0.5, 0.6) is 23.0 Å². The number of anilines is 1.